The van der Waals surface area contributed by atoms with Gasteiger partial charge in [0, 0.05) is 0 Å². The summed E-state index contributed by atoms with van der Waals surface area (Å²) < 4.78 is 0. The fraction of sp³-hybridized carbons (Fsp3) is 0.364. The third-order valence-corrected chi connectivity index (χ3v) is 1.75. The Morgan fingerprint density at radius 3 is 2.46 bits per heavy atom. The lowest BCUT2D eigenvalue weighted by atomic mass is 10.1. The van der Waals surface area contributed by atoms with Crippen LogP contribution in [0.1, 0.15) is 25.8 Å². The third kappa shape index (κ3) is 2.90. The molecule has 0 bridgehead atoms. The molecule has 0 radical (unpaired) electrons. The standard InChI is InChI=1S/C11H15NO/c1-3-11(12-13-4-2)10-8-6-5-7-9-10/h5-9H,3-4H2,1-2H3/b12-11-. The molecule has 0 aromatic heterocycles. The van der Waals surface area contributed by atoms with E-state index in [2.05, 4.69) is 12.1 Å². The van der Waals surface area contributed by atoms with Crippen LogP contribution < -0.4 is 0 Å². The van der Waals surface area contributed by atoms with Crippen LogP contribution in [0.5, 0.6) is 0 Å². The molecule has 0 heterocycles. The molecule has 0 N–H and O–H groups in total. The molecule has 1 rings (SSSR count). The molecule has 13 heavy (non-hydrogen) atoms. The van der Waals surface area contributed by atoms with E-state index in [0.29, 0.717) is 6.61 Å². The highest BCUT2D eigenvalue weighted by molar-refractivity contribution is 5.99. The summed E-state index contributed by atoms with van der Waals surface area (Å²) >= 11 is 0. The molecule has 0 aliphatic heterocycles. The van der Waals surface area contributed by atoms with E-state index in [1.165, 1.54) is 0 Å². The summed E-state index contributed by atoms with van der Waals surface area (Å²) in [6.45, 7) is 4.63. The quantitative estimate of drug-likeness (QED) is 0.512. The maximum Gasteiger partial charge on any atom is 0.114 e. The van der Waals surface area contributed by atoms with Gasteiger partial charge in [0.15, 0.2) is 0 Å². The molecule has 2 heteroatoms. The zero-order valence-corrected chi connectivity index (χ0v) is 8.16. The minimum absolute atomic E-state index is 0.621. The first-order valence-electron chi connectivity index (χ1n) is 4.62. The van der Waals surface area contributed by atoms with Crippen LogP contribution in [0.3, 0.4) is 0 Å². The van der Waals surface area contributed by atoms with Crippen LogP contribution in [0.15, 0.2) is 35.5 Å². The third-order valence-electron chi connectivity index (χ3n) is 1.75. The van der Waals surface area contributed by atoms with Gasteiger partial charge in [0.05, 0.1) is 5.71 Å². The summed E-state index contributed by atoms with van der Waals surface area (Å²) in [5, 5.41) is 4.05. The van der Waals surface area contributed by atoms with Crippen LogP contribution in [0.25, 0.3) is 0 Å². The largest absolute Gasteiger partial charge is 0.396 e. The molecule has 0 atom stereocenters. The van der Waals surface area contributed by atoms with Gasteiger partial charge in [-0.25, -0.2) is 0 Å². The average Bonchev–Trinajstić information content (AvgIpc) is 2.21. The van der Waals surface area contributed by atoms with Gasteiger partial charge in [-0.1, -0.05) is 42.4 Å². The van der Waals surface area contributed by atoms with Crippen LogP contribution in [-0.4, -0.2) is 12.3 Å². The Bertz CT molecular complexity index is 267. The van der Waals surface area contributed by atoms with Gasteiger partial charge >= 0.3 is 0 Å². The average molecular weight is 177 g/mol. The summed E-state index contributed by atoms with van der Waals surface area (Å²) in [4.78, 5) is 5.03. The van der Waals surface area contributed by atoms with Crippen molar-refractivity contribution in [2.24, 2.45) is 5.16 Å². The van der Waals surface area contributed by atoms with Crippen molar-refractivity contribution in [2.45, 2.75) is 20.3 Å². The lowest BCUT2D eigenvalue weighted by Crippen LogP contribution is -1.99. The van der Waals surface area contributed by atoms with E-state index in [0.717, 1.165) is 17.7 Å². The van der Waals surface area contributed by atoms with Gasteiger partial charge in [0.2, 0.25) is 0 Å². The molecule has 0 fully saturated rings. The van der Waals surface area contributed by atoms with Crippen LogP contribution in [0.2, 0.25) is 0 Å². The van der Waals surface area contributed by atoms with E-state index in [-0.39, 0.29) is 0 Å². The number of oxime groups is 1. The summed E-state index contributed by atoms with van der Waals surface area (Å²) in [6, 6.07) is 10.1. The SMILES string of the molecule is CCO/N=C(/CC)c1ccccc1. The number of rotatable bonds is 4. The highest BCUT2D eigenvalue weighted by Gasteiger charge is 1.99. The topological polar surface area (TPSA) is 21.6 Å². The molecule has 0 aliphatic carbocycles. The molecule has 70 valence electrons. The fourth-order valence-electron chi connectivity index (χ4n) is 1.09. The second-order valence-electron chi connectivity index (χ2n) is 2.68. The van der Waals surface area contributed by atoms with E-state index in [9.17, 15) is 0 Å². The maximum absolute atomic E-state index is 5.03. The smallest absolute Gasteiger partial charge is 0.114 e. The van der Waals surface area contributed by atoms with E-state index < -0.39 is 0 Å². The Kier molecular flexibility index (Phi) is 4.03. The molecule has 1 aromatic rings. The Morgan fingerprint density at radius 1 is 1.23 bits per heavy atom. The Labute approximate surface area is 79.2 Å². The predicted molar refractivity (Wildman–Crippen MR) is 54.9 cm³/mol. The summed E-state index contributed by atoms with van der Waals surface area (Å²) in [5.41, 5.74) is 2.14. The summed E-state index contributed by atoms with van der Waals surface area (Å²) in [7, 11) is 0. The van der Waals surface area contributed by atoms with Gasteiger partial charge in [-0.3, -0.25) is 0 Å². The number of hydrogen-bond donors (Lipinski definition) is 0. The second kappa shape index (κ2) is 5.36. The fourth-order valence-corrected chi connectivity index (χ4v) is 1.09. The van der Waals surface area contributed by atoms with Crippen molar-refractivity contribution in [3.8, 4) is 0 Å². The number of nitrogens with zero attached hydrogens (tertiary/aromatic N) is 1. The zero-order valence-electron chi connectivity index (χ0n) is 8.16. The van der Waals surface area contributed by atoms with Crippen molar-refractivity contribution in [2.75, 3.05) is 6.61 Å². The van der Waals surface area contributed by atoms with Crippen molar-refractivity contribution < 1.29 is 4.84 Å². The van der Waals surface area contributed by atoms with Gasteiger partial charge in [0.25, 0.3) is 0 Å². The highest BCUT2D eigenvalue weighted by Crippen LogP contribution is 2.04. The first-order valence-corrected chi connectivity index (χ1v) is 4.62. The van der Waals surface area contributed by atoms with Crippen molar-refractivity contribution in [1.82, 2.24) is 0 Å². The maximum atomic E-state index is 5.03. The van der Waals surface area contributed by atoms with Crippen molar-refractivity contribution in [1.29, 1.82) is 0 Å². The van der Waals surface area contributed by atoms with Gasteiger partial charge in [-0.05, 0) is 18.9 Å². The molecule has 0 aliphatic rings. The van der Waals surface area contributed by atoms with Crippen LogP contribution in [-0.2, 0) is 4.84 Å². The Morgan fingerprint density at radius 2 is 1.92 bits per heavy atom. The minimum Gasteiger partial charge on any atom is -0.396 e. The monoisotopic (exact) mass is 177 g/mol. The molecular weight excluding hydrogens is 162 g/mol. The van der Waals surface area contributed by atoms with Gasteiger partial charge in [0.1, 0.15) is 6.61 Å². The van der Waals surface area contributed by atoms with Gasteiger partial charge in [-0.2, -0.15) is 0 Å². The first kappa shape index (κ1) is 9.78. The number of benzene rings is 1. The second-order valence-corrected chi connectivity index (χ2v) is 2.68. The first-order chi connectivity index (χ1) is 6.38. The lowest BCUT2D eigenvalue weighted by molar-refractivity contribution is 0.158. The van der Waals surface area contributed by atoms with Crippen LogP contribution in [0.4, 0.5) is 0 Å². The van der Waals surface area contributed by atoms with Crippen LogP contribution >= 0.6 is 0 Å². The molecule has 0 spiro atoms. The van der Waals surface area contributed by atoms with Crippen molar-refractivity contribution in [3.05, 3.63) is 35.9 Å². The summed E-state index contributed by atoms with van der Waals surface area (Å²) in [5.74, 6) is 0. The molecule has 0 unspecified atom stereocenters. The molecular formula is C11H15NO. The van der Waals surface area contributed by atoms with Crippen LogP contribution in [0, 0.1) is 0 Å². The normalized spacial score (nSPS) is 11.4. The van der Waals surface area contributed by atoms with E-state index in [1.807, 2.05) is 37.3 Å². The van der Waals surface area contributed by atoms with E-state index in [1.54, 1.807) is 0 Å². The van der Waals surface area contributed by atoms with E-state index in [4.69, 9.17) is 4.84 Å². The van der Waals surface area contributed by atoms with Crippen molar-refractivity contribution in [3.63, 3.8) is 0 Å². The van der Waals surface area contributed by atoms with E-state index >= 15 is 0 Å². The molecule has 2 nitrogen and oxygen atoms in total. The zero-order chi connectivity index (χ0) is 9.52. The predicted octanol–water partition coefficient (Wildman–Crippen LogP) is 2.84. The minimum atomic E-state index is 0.621. The highest BCUT2D eigenvalue weighted by atomic mass is 16.6. The van der Waals surface area contributed by atoms with Gasteiger partial charge < -0.3 is 4.84 Å². The molecule has 0 saturated heterocycles. The number of hydrogen-bond acceptors (Lipinski definition) is 2. The molecule has 0 amide bonds. The van der Waals surface area contributed by atoms with Gasteiger partial charge in [-0.15, -0.1) is 0 Å². The van der Waals surface area contributed by atoms with Crippen molar-refractivity contribution >= 4 is 5.71 Å². The molecule has 0 saturated carbocycles. The lowest BCUT2D eigenvalue weighted by Gasteiger charge is -2.02. The molecule has 1 aromatic carbocycles. The summed E-state index contributed by atoms with van der Waals surface area (Å²) in [6.07, 6.45) is 0.893. The Balaban J connectivity index is 2.78. The Hall–Kier alpha value is -1.31.